The molecule has 2 atom stereocenters. The number of hydrogen-bond donors (Lipinski definition) is 1. The topological polar surface area (TPSA) is 12.0 Å². The molecule has 0 heterocycles. The molecule has 1 nitrogen and oxygen atoms in total. The standard InChI is InChI=1S/C15H19BrF3N/c1-9-6-12(16)7-10(2)14(9)20-13-5-3-4-11(8-13)15(17,18)19/h6-7,11,13,20H,3-5,8H2,1-2H3. The van der Waals surface area contributed by atoms with E-state index in [2.05, 4.69) is 21.2 Å². The summed E-state index contributed by atoms with van der Waals surface area (Å²) in [5.41, 5.74) is 3.10. The summed E-state index contributed by atoms with van der Waals surface area (Å²) < 4.78 is 39.5. The highest BCUT2D eigenvalue weighted by molar-refractivity contribution is 9.10. The largest absolute Gasteiger partial charge is 0.391 e. The van der Waals surface area contributed by atoms with E-state index in [1.807, 2.05) is 26.0 Å². The molecular weight excluding hydrogens is 331 g/mol. The Morgan fingerprint density at radius 1 is 1.15 bits per heavy atom. The predicted molar refractivity (Wildman–Crippen MR) is 79.0 cm³/mol. The Kier molecular flexibility index (Phi) is 4.67. The molecule has 20 heavy (non-hydrogen) atoms. The number of halogens is 4. The van der Waals surface area contributed by atoms with Gasteiger partial charge in [-0.05, 0) is 56.4 Å². The van der Waals surface area contributed by atoms with Crippen molar-refractivity contribution in [3.63, 3.8) is 0 Å². The average molecular weight is 350 g/mol. The molecule has 112 valence electrons. The minimum Gasteiger partial charge on any atom is -0.382 e. The quantitative estimate of drug-likeness (QED) is 0.732. The van der Waals surface area contributed by atoms with E-state index in [0.717, 1.165) is 27.7 Å². The third-order valence-electron chi connectivity index (χ3n) is 3.98. The second-order valence-electron chi connectivity index (χ2n) is 5.66. The fourth-order valence-corrected chi connectivity index (χ4v) is 3.65. The lowest BCUT2D eigenvalue weighted by Crippen LogP contribution is -2.34. The molecule has 2 unspecified atom stereocenters. The first-order valence-electron chi connectivity index (χ1n) is 6.87. The van der Waals surface area contributed by atoms with Crippen LogP contribution in [-0.2, 0) is 0 Å². The normalized spacial score (nSPS) is 23.7. The van der Waals surface area contributed by atoms with Crippen molar-refractivity contribution in [3.8, 4) is 0 Å². The Hall–Kier alpha value is -0.710. The molecule has 0 radical (unpaired) electrons. The van der Waals surface area contributed by atoms with Crippen molar-refractivity contribution in [2.45, 2.75) is 51.7 Å². The molecule has 1 aromatic carbocycles. The Morgan fingerprint density at radius 2 is 1.75 bits per heavy atom. The van der Waals surface area contributed by atoms with Crippen molar-refractivity contribution in [2.24, 2.45) is 5.92 Å². The van der Waals surface area contributed by atoms with Crippen LogP contribution >= 0.6 is 15.9 Å². The summed E-state index contributed by atoms with van der Waals surface area (Å²) in [5, 5.41) is 3.33. The van der Waals surface area contributed by atoms with Crippen molar-refractivity contribution < 1.29 is 13.2 Å². The Bertz CT molecular complexity index is 461. The summed E-state index contributed by atoms with van der Waals surface area (Å²) in [7, 11) is 0. The molecule has 0 amide bonds. The number of benzene rings is 1. The van der Waals surface area contributed by atoms with Gasteiger partial charge in [0.05, 0.1) is 5.92 Å². The van der Waals surface area contributed by atoms with Crippen LogP contribution < -0.4 is 5.32 Å². The minimum absolute atomic E-state index is 0.0889. The number of alkyl halides is 3. The van der Waals surface area contributed by atoms with Crippen molar-refractivity contribution in [1.29, 1.82) is 0 Å². The molecule has 5 heteroatoms. The summed E-state index contributed by atoms with van der Waals surface area (Å²) in [6.45, 7) is 3.95. The molecule has 0 aliphatic heterocycles. The Balaban J connectivity index is 2.11. The predicted octanol–water partition coefficient (Wildman–Crippen LogP) is 5.60. The second-order valence-corrected chi connectivity index (χ2v) is 6.58. The van der Waals surface area contributed by atoms with Gasteiger partial charge in [-0.1, -0.05) is 22.4 Å². The van der Waals surface area contributed by atoms with Gasteiger partial charge in [0.25, 0.3) is 0 Å². The SMILES string of the molecule is Cc1cc(Br)cc(C)c1NC1CCCC(C(F)(F)F)C1. The molecule has 1 N–H and O–H groups in total. The van der Waals surface area contributed by atoms with E-state index in [9.17, 15) is 13.2 Å². The molecular formula is C15H19BrF3N. The fourth-order valence-electron chi connectivity index (χ4n) is 2.96. The number of anilines is 1. The maximum absolute atomic E-state index is 12.8. The van der Waals surface area contributed by atoms with Gasteiger partial charge in [-0.3, -0.25) is 0 Å². The fraction of sp³-hybridized carbons (Fsp3) is 0.600. The molecule has 1 saturated carbocycles. The van der Waals surface area contributed by atoms with Crippen LogP contribution in [0.1, 0.15) is 36.8 Å². The average Bonchev–Trinajstić information content (AvgIpc) is 2.33. The summed E-state index contributed by atoms with van der Waals surface area (Å²) in [6, 6.07) is 3.88. The lowest BCUT2D eigenvalue weighted by molar-refractivity contribution is -0.182. The first-order valence-corrected chi connectivity index (χ1v) is 7.66. The molecule has 0 spiro atoms. The summed E-state index contributed by atoms with van der Waals surface area (Å²) in [5.74, 6) is -1.16. The van der Waals surface area contributed by atoms with Crippen molar-refractivity contribution in [2.75, 3.05) is 5.32 Å². The van der Waals surface area contributed by atoms with Crippen molar-refractivity contribution >= 4 is 21.6 Å². The Labute approximate surface area is 126 Å². The zero-order chi connectivity index (χ0) is 14.9. The number of aryl methyl sites for hydroxylation is 2. The van der Waals surface area contributed by atoms with Gasteiger partial charge >= 0.3 is 6.18 Å². The van der Waals surface area contributed by atoms with E-state index in [0.29, 0.717) is 6.42 Å². The van der Waals surface area contributed by atoms with E-state index < -0.39 is 12.1 Å². The summed E-state index contributed by atoms with van der Waals surface area (Å²) in [6.07, 6.45) is -2.18. The highest BCUT2D eigenvalue weighted by Crippen LogP contribution is 2.39. The van der Waals surface area contributed by atoms with E-state index >= 15 is 0 Å². The first kappa shape index (κ1) is 15.7. The molecule has 1 fully saturated rings. The van der Waals surface area contributed by atoms with Crippen LogP contribution in [0.2, 0.25) is 0 Å². The maximum Gasteiger partial charge on any atom is 0.391 e. The highest BCUT2D eigenvalue weighted by atomic mass is 79.9. The van der Waals surface area contributed by atoms with Gasteiger partial charge in [0.15, 0.2) is 0 Å². The molecule has 0 bridgehead atoms. The molecule has 1 aliphatic carbocycles. The van der Waals surface area contributed by atoms with E-state index in [4.69, 9.17) is 0 Å². The zero-order valence-corrected chi connectivity index (χ0v) is 13.2. The molecule has 1 aliphatic rings. The van der Waals surface area contributed by atoms with Crippen molar-refractivity contribution in [3.05, 3.63) is 27.7 Å². The van der Waals surface area contributed by atoms with E-state index in [1.54, 1.807) is 0 Å². The van der Waals surface area contributed by atoms with Gasteiger partial charge in [0.1, 0.15) is 0 Å². The van der Waals surface area contributed by atoms with Gasteiger partial charge < -0.3 is 5.32 Å². The van der Waals surface area contributed by atoms with Gasteiger partial charge in [0.2, 0.25) is 0 Å². The third-order valence-corrected chi connectivity index (χ3v) is 4.44. The number of nitrogens with one attached hydrogen (secondary N) is 1. The van der Waals surface area contributed by atoms with Crippen LogP contribution in [0.3, 0.4) is 0 Å². The molecule has 0 aromatic heterocycles. The first-order chi connectivity index (χ1) is 9.27. The van der Waals surface area contributed by atoms with Gasteiger partial charge in [-0.2, -0.15) is 13.2 Å². The smallest absolute Gasteiger partial charge is 0.382 e. The maximum atomic E-state index is 12.8. The van der Waals surface area contributed by atoms with Crippen molar-refractivity contribution in [1.82, 2.24) is 0 Å². The zero-order valence-electron chi connectivity index (χ0n) is 11.6. The van der Waals surface area contributed by atoms with Crippen LogP contribution in [0.4, 0.5) is 18.9 Å². The third kappa shape index (κ3) is 3.68. The van der Waals surface area contributed by atoms with Gasteiger partial charge in [0, 0.05) is 16.2 Å². The van der Waals surface area contributed by atoms with Crippen LogP contribution in [0.5, 0.6) is 0 Å². The monoisotopic (exact) mass is 349 g/mol. The lowest BCUT2D eigenvalue weighted by Gasteiger charge is -2.32. The van der Waals surface area contributed by atoms with Crippen LogP contribution in [0.15, 0.2) is 16.6 Å². The number of rotatable bonds is 2. The molecule has 1 aromatic rings. The highest BCUT2D eigenvalue weighted by Gasteiger charge is 2.42. The minimum atomic E-state index is -4.07. The molecule has 2 rings (SSSR count). The summed E-state index contributed by atoms with van der Waals surface area (Å²) in [4.78, 5) is 0. The van der Waals surface area contributed by atoms with Gasteiger partial charge in [-0.15, -0.1) is 0 Å². The van der Waals surface area contributed by atoms with Crippen LogP contribution in [0, 0.1) is 19.8 Å². The Morgan fingerprint density at radius 3 is 2.30 bits per heavy atom. The van der Waals surface area contributed by atoms with Crippen LogP contribution in [-0.4, -0.2) is 12.2 Å². The molecule has 0 saturated heterocycles. The van der Waals surface area contributed by atoms with E-state index in [1.165, 1.54) is 0 Å². The second kappa shape index (κ2) is 5.96. The van der Waals surface area contributed by atoms with Crippen LogP contribution in [0.25, 0.3) is 0 Å². The van der Waals surface area contributed by atoms with Gasteiger partial charge in [-0.25, -0.2) is 0 Å². The number of hydrogen-bond acceptors (Lipinski definition) is 1. The van der Waals surface area contributed by atoms with E-state index in [-0.39, 0.29) is 18.9 Å². The summed E-state index contributed by atoms with van der Waals surface area (Å²) >= 11 is 3.43. The lowest BCUT2D eigenvalue weighted by atomic mass is 9.85.